The molecule has 1 aliphatic rings. The summed E-state index contributed by atoms with van der Waals surface area (Å²) in [6.07, 6.45) is 0.746. The minimum Gasteiger partial charge on any atom is -0.480 e. The van der Waals surface area contributed by atoms with Crippen LogP contribution in [0.25, 0.3) is 0 Å². The van der Waals surface area contributed by atoms with Crippen LogP contribution >= 0.6 is 12.4 Å². The van der Waals surface area contributed by atoms with E-state index in [4.69, 9.17) is 10.2 Å². The number of hydrogen-bond donors (Lipinski definition) is 3. The average molecular weight is 182 g/mol. The zero-order valence-electron chi connectivity index (χ0n) is 5.99. The first-order chi connectivity index (χ1) is 4.70. The van der Waals surface area contributed by atoms with Gasteiger partial charge in [-0.2, -0.15) is 0 Å². The molecule has 0 amide bonds. The van der Waals surface area contributed by atoms with Gasteiger partial charge in [-0.05, 0) is 12.8 Å². The largest absolute Gasteiger partial charge is 0.480 e. The van der Waals surface area contributed by atoms with Gasteiger partial charge in [0.1, 0.15) is 6.04 Å². The van der Waals surface area contributed by atoms with Crippen LogP contribution in [0.3, 0.4) is 0 Å². The van der Waals surface area contributed by atoms with Crippen LogP contribution in [0.2, 0.25) is 0 Å². The van der Waals surface area contributed by atoms with Crippen LogP contribution in [0.5, 0.6) is 0 Å². The van der Waals surface area contributed by atoms with Crippen LogP contribution in [0.4, 0.5) is 0 Å². The second-order valence-electron chi connectivity index (χ2n) is 2.53. The van der Waals surface area contributed by atoms with Crippen molar-refractivity contribution >= 4 is 18.4 Å². The topological polar surface area (TPSA) is 69.6 Å². The predicted molar refractivity (Wildman–Crippen MR) is 41.9 cm³/mol. The van der Waals surface area contributed by atoms with E-state index in [1.165, 1.54) is 0 Å². The van der Waals surface area contributed by atoms with Gasteiger partial charge in [0.25, 0.3) is 0 Å². The minimum atomic E-state index is -0.827. The Morgan fingerprint density at radius 1 is 1.45 bits per heavy atom. The highest BCUT2D eigenvalue weighted by atomic mass is 35.5. The molecule has 0 unspecified atom stereocenters. The summed E-state index contributed by atoms with van der Waals surface area (Å²) in [5.74, 6) is -0.827. The summed E-state index contributed by atoms with van der Waals surface area (Å²) in [4.78, 5) is 10.3. The number of piperidine rings is 1. The van der Waals surface area contributed by atoms with E-state index in [9.17, 15) is 4.79 Å². The highest BCUT2D eigenvalue weighted by Gasteiger charge is 2.23. The van der Waals surface area contributed by atoms with Crippen LogP contribution in [-0.2, 0) is 4.79 Å². The molecule has 0 aromatic carbocycles. The maximum Gasteiger partial charge on any atom is 0.320 e. The normalized spacial score (nSPS) is 30.6. The van der Waals surface area contributed by atoms with Gasteiger partial charge in [0, 0.05) is 6.54 Å². The molecule has 3 N–H and O–H groups in total. The van der Waals surface area contributed by atoms with E-state index in [2.05, 4.69) is 5.32 Å². The molecule has 11 heavy (non-hydrogen) atoms. The lowest BCUT2D eigenvalue weighted by Crippen LogP contribution is -2.45. The van der Waals surface area contributed by atoms with Crippen LogP contribution in [-0.4, -0.2) is 34.9 Å². The Balaban J connectivity index is 0.000001000. The molecule has 1 rings (SSSR count). The summed E-state index contributed by atoms with van der Waals surface area (Å²) < 4.78 is 0. The van der Waals surface area contributed by atoms with Crippen molar-refractivity contribution in [3.63, 3.8) is 0 Å². The van der Waals surface area contributed by atoms with E-state index in [-0.39, 0.29) is 18.5 Å². The zero-order chi connectivity index (χ0) is 7.56. The number of nitrogens with one attached hydrogen (secondary N) is 1. The maximum atomic E-state index is 10.3. The molecule has 0 saturated carbocycles. The highest BCUT2D eigenvalue weighted by Crippen LogP contribution is 2.07. The average Bonchev–Trinajstić information content (AvgIpc) is 1.88. The van der Waals surface area contributed by atoms with Gasteiger partial charge in [-0.1, -0.05) is 0 Å². The Kier molecular flexibility index (Phi) is 4.40. The highest BCUT2D eigenvalue weighted by molar-refractivity contribution is 5.85. The second kappa shape index (κ2) is 4.54. The number of rotatable bonds is 1. The van der Waals surface area contributed by atoms with Gasteiger partial charge in [0.2, 0.25) is 0 Å². The van der Waals surface area contributed by atoms with Crippen molar-refractivity contribution < 1.29 is 15.0 Å². The van der Waals surface area contributed by atoms with Crippen LogP contribution in [0, 0.1) is 0 Å². The molecule has 0 bridgehead atoms. The van der Waals surface area contributed by atoms with Gasteiger partial charge in [0.05, 0.1) is 6.10 Å². The summed E-state index contributed by atoms with van der Waals surface area (Å²) in [6.45, 7) is 0.400. The van der Waals surface area contributed by atoms with Crippen molar-refractivity contribution in [2.45, 2.75) is 25.0 Å². The van der Waals surface area contributed by atoms with Crippen LogP contribution < -0.4 is 5.32 Å². The first kappa shape index (κ1) is 10.7. The van der Waals surface area contributed by atoms with Gasteiger partial charge < -0.3 is 15.5 Å². The molecule has 2 atom stereocenters. The monoisotopic (exact) mass is 181 g/mol. The molecule has 0 aromatic rings. The molecular formula is C6H12ClNO3. The fourth-order valence-electron chi connectivity index (χ4n) is 1.05. The standard InChI is InChI=1S/C6H11NO3.ClH/c8-4-1-2-5(6(9)10)7-3-4;/h4-5,7-8H,1-3H2,(H,9,10);1H/t4-,5-;/m0./s1. The molecule has 1 fully saturated rings. The van der Waals surface area contributed by atoms with Crippen molar-refractivity contribution in [1.82, 2.24) is 5.32 Å². The third-order valence-corrected chi connectivity index (χ3v) is 1.69. The first-order valence-corrected chi connectivity index (χ1v) is 3.34. The van der Waals surface area contributed by atoms with E-state index >= 15 is 0 Å². The SMILES string of the molecule is Cl.O=C(O)[C@@H]1CC[C@H](O)CN1. The number of aliphatic hydroxyl groups is 1. The van der Waals surface area contributed by atoms with E-state index in [0.29, 0.717) is 19.4 Å². The lowest BCUT2D eigenvalue weighted by molar-refractivity contribution is -0.140. The Labute approximate surface area is 71.0 Å². The Morgan fingerprint density at radius 2 is 2.09 bits per heavy atom. The van der Waals surface area contributed by atoms with Crippen LogP contribution in [0.15, 0.2) is 0 Å². The molecular weight excluding hydrogens is 170 g/mol. The summed E-state index contributed by atoms with van der Waals surface area (Å²) in [6, 6.07) is -0.455. The lowest BCUT2D eigenvalue weighted by atomic mass is 10.0. The predicted octanol–water partition coefficient (Wildman–Crippen LogP) is -0.394. The van der Waals surface area contributed by atoms with Crippen LogP contribution in [0.1, 0.15) is 12.8 Å². The third kappa shape index (κ3) is 3.05. The number of carboxylic acids is 1. The van der Waals surface area contributed by atoms with Gasteiger partial charge in [-0.3, -0.25) is 4.79 Å². The Bertz CT molecular complexity index is 134. The van der Waals surface area contributed by atoms with Gasteiger partial charge in [0.15, 0.2) is 0 Å². The van der Waals surface area contributed by atoms with E-state index in [1.54, 1.807) is 0 Å². The zero-order valence-corrected chi connectivity index (χ0v) is 6.80. The molecule has 0 aromatic heterocycles. The number of aliphatic carboxylic acids is 1. The molecule has 1 heterocycles. The second-order valence-corrected chi connectivity index (χ2v) is 2.53. The molecule has 1 aliphatic heterocycles. The summed E-state index contributed by atoms with van der Waals surface area (Å²) in [5, 5.41) is 20.2. The fraction of sp³-hybridized carbons (Fsp3) is 0.833. The molecule has 1 saturated heterocycles. The van der Waals surface area contributed by atoms with E-state index in [0.717, 1.165) is 0 Å². The molecule has 5 heteroatoms. The fourth-order valence-corrected chi connectivity index (χ4v) is 1.05. The molecule has 0 radical (unpaired) electrons. The maximum absolute atomic E-state index is 10.3. The van der Waals surface area contributed by atoms with Crippen molar-refractivity contribution in [3.8, 4) is 0 Å². The van der Waals surface area contributed by atoms with Gasteiger partial charge in [-0.25, -0.2) is 0 Å². The number of β-amino-alcohol motifs (C(OH)–C–C–N with tert-alkyl or cyclic N) is 1. The molecule has 4 nitrogen and oxygen atoms in total. The van der Waals surface area contributed by atoms with Gasteiger partial charge >= 0.3 is 5.97 Å². The smallest absolute Gasteiger partial charge is 0.320 e. The number of hydrogen-bond acceptors (Lipinski definition) is 3. The number of carbonyl (C=O) groups is 1. The van der Waals surface area contributed by atoms with Crippen molar-refractivity contribution in [2.24, 2.45) is 0 Å². The summed E-state index contributed by atoms with van der Waals surface area (Å²) >= 11 is 0. The van der Waals surface area contributed by atoms with E-state index in [1.807, 2.05) is 0 Å². The summed E-state index contributed by atoms with van der Waals surface area (Å²) in [5.41, 5.74) is 0. The van der Waals surface area contributed by atoms with Crippen molar-refractivity contribution in [1.29, 1.82) is 0 Å². The quantitative estimate of drug-likeness (QED) is 0.515. The van der Waals surface area contributed by atoms with E-state index < -0.39 is 12.0 Å². The van der Waals surface area contributed by atoms with Crippen molar-refractivity contribution in [3.05, 3.63) is 0 Å². The Hall–Kier alpha value is -0.320. The number of halogens is 1. The minimum absolute atomic E-state index is 0. The van der Waals surface area contributed by atoms with Crippen molar-refractivity contribution in [2.75, 3.05) is 6.54 Å². The van der Waals surface area contributed by atoms with Gasteiger partial charge in [-0.15, -0.1) is 12.4 Å². The first-order valence-electron chi connectivity index (χ1n) is 3.34. The number of carboxylic acid groups (broad SMARTS) is 1. The molecule has 0 aliphatic carbocycles. The number of aliphatic hydroxyl groups excluding tert-OH is 1. The lowest BCUT2D eigenvalue weighted by Gasteiger charge is -2.23. The summed E-state index contributed by atoms with van der Waals surface area (Å²) in [7, 11) is 0. The molecule has 0 spiro atoms. The molecule has 66 valence electrons. The Morgan fingerprint density at radius 3 is 2.45 bits per heavy atom. The third-order valence-electron chi connectivity index (χ3n) is 1.69.